The molecule has 0 aromatic rings. The minimum Gasteiger partial charge on any atom is -0.473 e. The maximum Gasteiger partial charge on any atom is 0.414 e. The number of β-amino-alcohol motifs (C(OH)–C–C–N with tert-alkyl or cyclic N) is 1. The van der Waals surface area contributed by atoms with E-state index in [9.17, 15) is 0 Å². The summed E-state index contributed by atoms with van der Waals surface area (Å²) in [6, 6.07) is 0. The minimum atomic E-state index is -1.82. The average molecular weight is 495 g/mol. The van der Waals surface area contributed by atoms with E-state index >= 15 is 0 Å². The predicted molar refractivity (Wildman–Crippen MR) is 121 cm³/mol. The second kappa shape index (κ2) is 18.6. The summed E-state index contributed by atoms with van der Waals surface area (Å²) in [6.45, 7) is 6.31. The number of thioether (sulfide) groups is 2. The molecule has 182 valence electrons. The van der Waals surface area contributed by atoms with Gasteiger partial charge in [-0.05, 0) is 24.3 Å². The van der Waals surface area contributed by atoms with Gasteiger partial charge in [-0.15, -0.1) is 29.4 Å². The topological polar surface area (TPSA) is 176 Å². The van der Waals surface area contributed by atoms with Crippen molar-refractivity contribution in [2.45, 2.75) is 23.8 Å². The van der Waals surface area contributed by atoms with E-state index in [1.54, 1.807) is 0 Å². The van der Waals surface area contributed by atoms with Crippen molar-refractivity contribution in [1.29, 1.82) is 0 Å². The van der Waals surface area contributed by atoms with Crippen LogP contribution in [0.2, 0.25) is 0 Å². The van der Waals surface area contributed by atoms with Crippen LogP contribution in [0.1, 0.15) is 19.3 Å². The van der Waals surface area contributed by atoms with Crippen LogP contribution < -0.4 is 0 Å². The van der Waals surface area contributed by atoms with Gasteiger partial charge < -0.3 is 25.5 Å². The molecule has 0 bridgehead atoms. The summed E-state index contributed by atoms with van der Waals surface area (Å²) in [5.74, 6) is 2.05. The third-order valence-corrected chi connectivity index (χ3v) is 7.16. The van der Waals surface area contributed by atoms with Crippen molar-refractivity contribution in [3.8, 4) is 11.8 Å². The molecule has 2 heterocycles. The van der Waals surface area contributed by atoms with Gasteiger partial charge in [0.25, 0.3) is 0 Å². The first kappa shape index (κ1) is 30.0. The lowest BCUT2D eigenvalue weighted by Gasteiger charge is -2.33. The predicted octanol–water partition coefficient (Wildman–Crippen LogP) is -0.113. The van der Waals surface area contributed by atoms with E-state index in [1.807, 2.05) is 0 Å². The van der Waals surface area contributed by atoms with Crippen molar-refractivity contribution >= 4 is 47.4 Å². The van der Waals surface area contributed by atoms with Crippen LogP contribution in [0, 0.1) is 11.8 Å². The van der Waals surface area contributed by atoms with E-state index in [4.69, 9.17) is 44.7 Å². The van der Waals surface area contributed by atoms with Crippen LogP contribution in [-0.2, 0) is 19.2 Å². The summed E-state index contributed by atoms with van der Waals surface area (Å²) in [5.41, 5.74) is 0. The highest BCUT2D eigenvalue weighted by Crippen LogP contribution is 2.33. The molecule has 2 saturated heterocycles. The standard InChI is InChI=1S/C15H26N2OS2.2C2H2O4/c18-12-11-17-9-7-16(8-10-17)6-3-1-2-5-15-19-13-4-14-20-15;2*3-1(4)2(5)6/h15,18H,2,4-14H2;2*(H,3,4)(H,5,6). The lowest BCUT2D eigenvalue weighted by Crippen LogP contribution is -2.47. The van der Waals surface area contributed by atoms with E-state index in [2.05, 4.69) is 45.2 Å². The zero-order chi connectivity index (χ0) is 24.4. The van der Waals surface area contributed by atoms with Gasteiger partial charge >= 0.3 is 23.9 Å². The third kappa shape index (κ3) is 16.7. The van der Waals surface area contributed by atoms with Crippen LogP contribution in [0.4, 0.5) is 0 Å². The van der Waals surface area contributed by atoms with E-state index in [1.165, 1.54) is 24.3 Å². The molecule has 0 radical (unpaired) electrons. The Morgan fingerprint density at radius 3 is 1.69 bits per heavy atom. The Balaban J connectivity index is 0.000000662. The summed E-state index contributed by atoms with van der Waals surface area (Å²) in [5, 5.41) is 38.5. The normalized spacial score (nSPS) is 16.8. The molecule has 0 aromatic heterocycles. The Labute approximate surface area is 195 Å². The van der Waals surface area contributed by atoms with Crippen LogP contribution in [0.15, 0.2) is 0 Å². The Hall–Kier alpha value is -1.98. The van der Waals surface area contributed by atoms with Gasteiger partial charge in [0.15, 0.2) is 0 Å². The maximum absolute atomic E-state index is 9.10. The van der Waals surface area contributed by atoms with Gasteiger partial charge in [0.1, 0.15) is 0 Å². The summed E-state index contributed by atoms with van der Waals surface area (Å²) in [4.78, 5) is 41.1. The average Bonchev–Trinajstić information content (AvgIpc) is 2.76. The van der Waals surface area contributed by atoms with E-state index < -0.39 is 23.9 Å². The Morgan fingerprint density at radius 2 is 1.25 bits per heavy atom. The van der Waals surface area contributed by atoms with Gasteiger partial charge in [-0.25, -0.2) is 19.2 Å². The van der Waals surface area contributed by atoms with Crippen molar-refractivity contribution < 1.29 is 44.7 Å². The van der Waals surface area contributed by atoms with Crippen LogP contribution in [0.3, 0.4) is 0 Å². The first-order valence-corrected chi connectivity index (χ1v) is 11.9. The lowest BCUT2D eigenvalue weighted by molar-refractivity contribution is -0.159. The SMILES string of the molecule is O=C(O)C(=O)O.O=C(O)C(=O)O.OCCN1CCN(CC#CCCC2SCCCS2)CC1. The summed E-state index contributed by atoms with van der Waals surface area (Å²) >= 11 is 4.23. The number of piperazine rings is 1. The molecule has 0 saturated carbocycles. The molecule has 11 nitrogen and oxygen atoms in total. The van der Waals surface area contributed by atoms with E-state index in [0.717, 1.165) is 50.3 Å². The Bertz CT molecular complexity index is 605. The molecule has 32 heavy (non-hydrogen) atoms. The van der Waals surface area contributed by atoms with Gasteiger partial charge in [0.2, 0.25) is 0 Å². The monoisotopic (exact) mass is 494 g/mol. The molecule has 2 aliphatic heterocycles. The van der Waals surface area contributed by atoms with E-state index in [0.29, 0.717) is 0 Å². The number of rotatable bonds is 5. The molecule has 0 unspecified atom stereocenters. The molecular weight excluding hydrogens is 464 g/mol. The van der Waals surface area contributed by atoms with Gasteiger partial charge in [-0.1, -0.05) is 5.92 Å². The highest BCUT2D eigenvalue weighted by molar-refractivity contribution is 8.17. The molecule has 2 fully saturated rings. The van der Waals surface area contributed by atoms with Crippen molar-refractivity contribution in [2.24, 2.45) is 0 Å². The van der Waals surface area contributed by atoms with Gasteiger partial charge in [-0.3, -0.25) is 9.80 Å². The summed E-state index contributed by atoms with van der Waals surface area (Å²) < 4.78 is 0.792. The van der Waals surface area contributed by atoms with Crippen molar-refractivity contribution in [3.05, 3.63) is 0 Å². The highest BCUT2D eigenvalue weighted by atomic mass is 32.2. The maximum atomic E-state index is 9.10. The largest absolute Gasteiger partial charge is 0.473 e. The molecule has 2 rings (SSSR count). The number of aliphatic hydroxyl groups excluding tert-OH is 1. The third-order valence-electron chi connectivity index (χ3n) is 4.08. The van der Waals surface area contributed by atoms with Crippen LogP contribution in [0.25, 0.3) is 0 Å². The number of hydrogen-bond acceptors (Lipinski definition) is 9. The number of carboxylic acid groups (broad SMARTS) is 4. The molecule has 5 N–H and O–H groups in total. The first-order valence-electron chi connectivity index (χ1n) is 9.84. The van der Waals surface area contributed by atoms with Crippen molar-refractivity contribution in [2.75, 3.05) is 57.4 Å². The molecule has 0 spiro atoms. The number of hydrogen-bond donors (Lipinski definition) is 5. The summed E-state index contributed by atoms with van der Waals surface area (Å²) in [7, 11) is 0. The van der Waals surface area contributed by atoms with Crippen LogP contribution in [-0.4, -0.2) is 121 Å². The molecule has 0 amide bonds. The van der Waals surface area contributed by atoms with Crippen molar-refractivity contribution in [3.63, 3.8) is 0 Å². The van der Waals surface area contributed by atoms with Gasteiger partial charge in [0, 0.05) is 39.1 Å². The fraction of sp³-hybridized carbons (Fsp3) is 0.684. The zero-order valence-electron chi connectivity index (χ0n) is 17.6. The van der Waals surface area contributed by atoms with E-state index in [-0.39, 0.29) is 6.61 Å². The minimum absolute atomic E-state index is 0.275. The zero-order valence-corrected chi connectivity index (χ0v) is 19.3. The number of carboxylic acids is 4. The van der Waals surface area contributed by atoms with Crippen LogP contribution in [0.5, 0.6) is 0 Å². The number of aliphatic carboxylic acids is 4. The number of aliphatic hydroxyl groups is 1. The molecule has 13 heteroatoms. The summed E-state index contributed by atoms with van der Waals surface area (Å²) in [6.07, 6.45) is 3.67. The van der Waals surface area contributed by atoms with Gasteiger partial charge in [-0.2, -0.15) is 0 Å². The highest BCUT2D eigenvalue weighted by Gasteiger charge is 2.15. The Morgan fingerprint density at radius 1 is 0.781 bits per heavy atom. The second-order valence-corrected chi connectivity index (χ2v) is 9.40. The Kier molecular flexibility index (Phi) is 17.4. The lowest BCUT2D eigenvalue weighted by atomic mass is 10.3. The quantitative estimate of drug-likeness (QED) is 0.253. The molecule has 0 aliphatic carbocycles. The van der Waals surface area contributed by atoms with Crippen molar-refractivity contribution in [1.82, 2.24) is 9.80 Å². The van der Waals surface area contributed by atoms with Crippen LogP contribution >= 0.6 is 23.5 Å². The second-order valence-electron chi connectivity index (χ2n) is 6.48. The molecule has 2 aliphatic rings. The fourth-order valence-corrected chi connectivity index (χ4v) is 5.32. The molecular formula is C19H30N2O9S2. The fourth-order valence-electron chi connectivity index (χ4n) is 2.46. The van der Waals surface area contributed by atoms with Gasteiger partial charge in [0.05, 0.1) is 17.7 Å². The number of nitrogens with zero attached hydrogens (tertiary/aromatic N) is 2. The first-order chi connectivity index (χ1) is 15.2. The molecule has 0 aromatic carbocycles. The smallest absolute Gasteiger partial charge is 0.414 e. The number of carbonyl (C=O) groups is 4. The molecule has 0 atom stereocenters.